The lowest BCUT2D eigenvalue weighted by atomic mass is 10.1. The number of aliphatic hydroxyl groups is 1. The lowest BCUT2D eigenvalue weighted by molar-refractivity contribution is 0.129. The van der Waals surface area contributed by atoms with Gasteiger partial charge in [0, 0.05) is 25.2 Å². The van der Waals surface area contributed by atoms with E-state index in [-0.39, 0.29) is 23.6 Å². The van der Waals surface area contributed by atoms with E-state index in [9.17, 15) is 8.42 Å². The minimum Gasteiger partial charge on any atom is -0.488 e. The number of aliphatic hydroxyl groups excluding tert-OH is 1. The molecule has 0 saturated carbocycles. The van der Waals surface area contributed by atoms with Crippen molar-refractivity contribution < 1.29 is 18.3 Å². The molecule has 1 heterocycles. The largest absolute Gasteiger partial charge is 0.488 e. The van der Waals surface area contributed by atoms with Gasteiger partial charge in [0.25, 0.3) is 0 Å². The Labute approximate surface area is 125 Å². The van der Waals surface area contributed by atoms with Crippen LogP contribution in [-0.4, -0.2) is 49.7 Å². The monoisotopic (exact) mass is 314 g/mol. The van der Waals surface area contributed by atoms with Gasteiger partial charge in [-0.15, -0.1) is 0 Å². The molecule has 0 radical (unpaired) electrons. The molecule has 1 aromatic carbocycles. The summed E-state index contributed by atoms with van der Waals surface area (Å²) in [4.78, 5) is 0.209. The first-order valence-corrected chi connectivity index (χ1v) is 8.51. The third-order valence-corrected chi connectivity index (χ3v) is 5.43. The van der Waals surface area contributed by atoms with Gasteiger partial charge in [0.2, 0.25) is 10.0 Å². The zero-order chi connectivity index (χ0) is 15.5. The van der Waals surface area contributed by atoms with Crippen LogP contribution in [0, 0.1) is 0 Å². The van der Waals surface area contributed by atoms with Crippen molar-refractivity contribution in [3.05, 3.63) is 24.3 Å². The van der Waals surface area contributed by atoms with E-state index in [2.05, 4.69) is 0 Å². The molecule has 7 heteroatoms. The van der Waals surface area contributed by atoms with Crippen molar-refractivity contribution in [1.82, 2.24) is 4.31 Å². The number of hydrogen-bond donors (Lipinski definition) is 2. The van der Waals surface area contributed by atoms with Gasteiger partial charge in [0.05, 0.1) is 11.5 Å². The first-order chi connectivity index (χ1) is 9.93. The van der Waals surface area contributed by atoms with Crippen molar-refractivity contribution in [2.24, 2.45) is 5.73 Å². The number of piperidine rings is 1. The third-order valence-electron chi connectivity index (χ3n) is 3.54. The quantitative estimate of drug-likeness (QED) is 0.828. The van der Waals surface area contributed by atoms with Crippen molar-refractivity contribution in [3.63, 3.8) is 0 Å². The summed E-state index contributed by atoms with van der Waals surface area (Å²) in [5, 5.41) is 8.99. The lowest BCUT2D eigenvalue weighted by Crippen LogP contribution is -2.42. The summed E-state index contributed by atoms with van der Waals surface area (Å²) in [5.41, 5.74) is 5.81. The molecule has 0 spiro atoms. The molecule has 0 aliphatic carbocycles. The zero-order valence-corrected chi connectivity index (χ0v) is 12.9. The fraction of sp³-hybridized carbons (Fsp3) is 0.571. The fourth-order valence-electron chi connectivity index (χ4n) is 2.24. The standard InChI is InChI=1S/C14H22N2O4S/c1-11(10-17)20-13-3-2-4-14(9-13)21(18,19)16-7-5-12(15)6-8-16/h2-4,9,11-12,17H,5-8,10,15H2,1H3/t11-/m0/s1. The van der Waals surface area contributed by atoms with E-state index in [1.54, 1.807) is 25.1 Å². The molecule has 6 nitrogen and oxygen atoms in total. The molecule has 1 atom stereocenters. The summed E-state index contributed by atoms with van der Waals surface area (Å²) in [6, 6.07) is 6.45. The number of ether oxygens (including phenoxy) is 1. The van der Waals surface area contributed by atoms with Gasteiger partial charge in [0.15, 0.2) is 0 Å². The number of sulfonamides is 1. The van der Waals surface area contributed by atoms with Crippen LogP contribution < -0.4 is 10.5 Å². The van der Waals surface area contributed by atoms with E-state index in [1.165, 1.54) is 10.4 Å². The van der Waals surface area contributed by atoms with Crippen LogP contribution in [0.2, 0.25) is 0 Å². The Balaban J connectivity index is 2.18. The molecule has 1 aliphatic rings. The summed E-state index contributed by atoms with van der Waals surface area (Å²) < 4.78 is 32.1. The highest BCUT2D eigenvalue weighted by atomic mass is 32.2. The predicted molar refractivity (Wildman–Crippen MR) is 79.6 cm³/mol. The second-order valence-corrected chi connectivity index (χ2v) is 7.27. The highest BCUT2D eigenvalue weighted by Crippen LogP contribution is 2.24. The highest BCUT2D eigenvalue weighted by molar-refractivity contribution is 7.89. The van der Waals surface area contributed by atoms with Crippen LogP contribution in [0.4, 0.5) is 0 Å². The van der Waals surface area contributed by atoms with Gasteiger partial charge >= 0.3 is 0 Å². The summed E-state index contributed by atoms with van der Waals surface area (Å²) >= 11 is 0. The van der Waals surface area contributed by atoms with Crippen LogP contribution in [0.5, 0.6) is 5.75 Å². The Morgan fingerprint density at radius 1 is 1.43 bits per heavy atom. The van der Waals surface area contributed by atoms with Gasteiger partial charge in [0.1, 0.15) is 11.9 Å². The maximum Gasteiger partial charge on any atom is 0.243 e. The van der Waals surface area contributed by atoms with Crippen molar-refractivity contribution in [3.8, 4) is 5.75 Å². The molecular weight excluding hydrogens is 292 g/mol. The summed E-state index contributed by atoms with van der Waals surface area (Å²) in [5.74, 6) is 0.436. The first-order valence-electron chi connectivity index (χ1n) is 7.07. The number of nitrogens with two attached hydrogens (primary N) is 1. The lowest BCUT2D eigenvalue weighted by Gasteiger charge is -2.29. The molecule has 1 fully saturated rings. The van der Waals surface area contributed by atoms with E-state index in [4.69, 9.17) is 15.6 Å². The molecule has 118 valence electrons. The Morgan fingerprint density at radius 2 is 2.10 bits per heavy atom. The van der Waals surface area contributed by atoms with Gasteiger partial charge in [-0.2, -0.15) is 4.31 Å². The molecule has 0 amide bonds. The maximum atomic E-state index is 12.6. The Hall–Kier alpha value is -1.15. The smallest absolute Gasteiger partial charge is 0.243 e. The van der Waals surface area contributed by atoms with Crippen molar-refractivity contribution in [2.75, 3.05) is 19.7 Å². The van der Waals surface area contributed by atoms with E-state index in [0.717, 1.165) is 0 Å². The number of rotatable bonds is 5. The molecule has 21 heavy (non-hydrogen) atoms. The van der Waals surface area contributed by atoms with E-state index in [0.29, 0.717) is 31.7 Å². The molecule has 0 unspecified atom stereocenters. The molecule has 1 aromatic rings. The summed E-state index contributed by atoms with van der Waals surface area (Å²) in [6.45, 7) is 2.48. The van der Waals surface area contributed by atoms with Crippen molar-refractivity contribution >= 4 is 10.0 Å². The summed E-state index contributed by atoms with van der Waals surface area (Å²) in [6.07, 6.45) is 0.976. The van der Waals surface area contributed by atoms with Gasteiger partial charge in [-0.3, -0.25) is 0 Å². The Morgan fingerprint density at radius 3 is 2.71 bits per heavy atom. The van der Waals surface area contributed by atoms with Crippen LogP contribution in [0.25, 0.3) is 0 Å². The molecule has 1 saturated heterocycles. The molecule has 3 N–H and O–H groups in total. The fourth-order valence-corrected chi connectivity index (χ4v) is 3.75. The van der Waals surface area contributed by atoms with E-state index >= 15 is 0 Å². The van der Waals surface area contributed by atoms with Gasteiger partial charge in [-0.05, 0) is 31.9 Å². The first kappa shape index (κ1) is 16.2. The second-order valence-electron chi connectivity index (χ2n) is 5.33. The Kier molecular flexibility index (Phi) is 5.21. The SMILES string of the molecule is C[C@@H](CO)Oc1cccc(S(=O)(=O)N2CCC(N)CC2)c1. The van der Waals surface area contributed by atoms with Crippen LogP contribution >= 0.6 is 0 Å². The minimum absolute atomic E-state index is 0.0801. The zero-order valence-electron chi connectivity index (χ0n) is 12.1. The van der Waals surface area contributed by atoms with Gasteiger partial charge in [-0.25, -0.2) is 8.42 Å². The molecular formula is C14H22N2O4S. The van der Waals surface area contributed by atoms with Crippen LogP contribution in [-0.2, 0) is 10.0 Å². The maximum absolute atomic E-state index is 12.6. The van der Waals surface area contributed by atoms with E-state index in [1.807, 2.05) is 0 Å². The predicted octanol–water partition coefficient (Wildman–Crippen LogP) is 0.558. The normalized spacial score (nSPS) is 19.4. The van der Waals surface area contributed by atoms with Crippen LogP contribution in [0.15, 0.2) is 29.2 Å². The van der Waals surface area contributed by atoms with Crippen LogP contribution in [0.1, 0.15) is 19.8 Å². The van der Waals surface area contributed by atoms with Gasteiger partial charge in [-0.1, -0.05) is 6.07 Å². The van der Waals surface area contributed by atoms with Gasteiger partial charge < -0.3 is 15.6 Å². The van der Waals surface area contributed by atoms with Crippen molar-refractivity contribution in [2.45, 2.75) is 36.8 Å². The number of benzene rings is 1. The molecule has 1 aliphatic heterocycles. The highest BCUT2D eigenvalue weighted by Gasteiger charge is 2.28. The third kappa shape index (κ3) is 3.94. The topological polar surface area (TPSA) is 92.9 Å². The minimum atomic E-state index is -3.52. The molecule has 2 rings (SSSR count). The number of nitrogens with zero attached hydrogens (tertiary/aromatic N) is 1. The molecule has 0 aromatic heterocycles. The van der Waals surface area contributed by atoms with Crippen molar-refractivity contribution in [1.29, 1.82) is 0 Å². The average molecular weight is 314 g/mol. The summed E-state index contributed by atoms with van der Waals surface area (Å²) in [7, 11) is -3.52. The average Bonchev–Trinajstić information content (AvgIpc) is 2.48. The number of hydrogen-bond acceptors (Lipinski definition) is 5. The second kappa shape index (κ2) is 6.74. The van der Waals surface area contributed by atoms with Crippen LogP contribution in [0.3, 0.4) is 0 Å². The Bertz CT molecular complexity index is 568. The molecule has 0 bridgehead atoms. The van der Waals surface area contributed by atoms with E-state index < -0.39 is 10.0 Å².